The van der Waals surface area contributed by atoms with Crippen molar-refractivity contribution in [1.29, 1.82) is 0 Å². The van der Waals surface area contributed by atoms with Crippen LogP contribution < -0.4 is 5.32 Å². The molecule has 2 unspecified atom stereocenters. The van der Waals surface area contributed by atoms with E-state index in [4.69, 9.17) is 0 Å². The summed E-state index contributed by atoms with van der Waals surface area (Å²) in [4.78, 5) is 16.9. The molecule has 0 spiro atoms. The number of nitrogens with zero attached hydrogens (tertiary/aromatic N) is 2. The molecule has 0 radical (unpaired) electrons. The molecule has 1 rings (SSSR count). The van der Waals surface area contributed by atoms with Crippen molar-refractivity contribution in [3.05, 3.63) is 0 Å². The van der Waals surface area contributed by atoms with Crippen molar-refractivity contribution in [1.82, 2.24) is 15.1 Å². The van der Waals surface area contributed by atoms with E-state index in [9.17, 15) is 4.79 Å². The van der Waals surface area contributed by atoms with Gasteiger partial charge in [0.05, 0.1) is 11.7 Å². The van der Waals surface area contributed by atoms with Crippen LogP contribution in [0.5, 0.6) is 0 Å². The van der Waals surface area contributed by atoms with Gasteiger partial charge < -0.3 is 9.80 Å². The van der Waals surface area contributed by atoms with E-state index in [1.54, 1.807) is 0 Å². The number of nitrogens with one attached hydrogen (secondary N) is 1. The Morgan fingerprint density at radius 1 is 1.42 bits per heavy atom. The molecule has 112 valence electrons. The fraction of sp³-hybridized carbons (Fsp3) is 0.933. The van der Waals surface area contributed by atoms with Gasteiger partial charge in [-0.2, -0.15) is 0 Å². The van der Waals surface area contributed by atoms with Gasteiger partial charge >= 0.3 is 0 Å². The second-order valence-electron chi connectivity index (χ2n) is 7.16. The van der Waals surface area contributed by atoms with Crippen LogP contribution in [0.3, 0.4) is 0 Å². The zero-order chi connectivity index (χ0) is 15.0. The molecule has 4 heteroatoms. The number of hydrogen-bond donors (Lipinski definition) is 1. The molecule has 4 nitrogen and oxygen atoms in total. The highest BCUT2D eigenvalue weighted by atomic mass is 16.2. The lowest BCUT2D eigenvalue weighted by Gasteiger charge is -2.39. The monoisotopic (exact) mass is 269 g/mol. The van der Waals surface area contributed by atoms with Crippen LogP contribution >= 0.6 is 0 Å². The summed E-state index contributed by atoms with van der Waals surface area (Å²) < 4.78 is 0. The summed E-state index contributed by atoms with van der Waals surface area (Å²) in [6.45, 7) is 13.5. The number of carbonyl (C=O) groups excluding carboxylic acids is 1. The fourth-order valence-corrected chi connectivity index (χ4v) is 2.42. The van der Waals surface area contributed by atoms with E-state index in [1.807, 2.05) is 11.8 Å². The first kappa shape index (κ1) is 16.4. The highest BCUT2D eigenvalue weighted by Gasteiger charge is 2.48. The summed E-state index contributed by atoms with van der Waals surface area (Å²) in [6, 6.07) is 0. The summed E-state index contributed by atoms with van der Waals surface area (Å²) in [7, 11) is 4.13. The van der Waals surface area contributed by atoms with Crippen molar-refractivity contribution in [2.24, 2.45) is 5.92 Å². The summed E-state index contributed by atoms with van der Waals surface area (Å²) in [5, 5.41) is 3.54. The van der Waals surface area contributed by atoms with E-state index in [1.165, 1.54) is 0 Å². The van der Waals surface area contributed by atoms with Crippen LogP contribution in [0.2, 0.25) is 0 Å². The molecule has 1 aliphatic rings. The van der Waals surface area contributed by atoms with Crippen molar-refractivity contribution < 1.29 is 4.79 Å². The van der Waals surface area contributed by atoms with Gasteiger partial charge in [-0.15, -0.1) is 0 Å². The number of carbonyl (C=O) groups is 1. The third kappa shape index (κ3) is 3.11. The minimum absolute atomic E-state index is 0.0243. The van der Waals surface area contributed by atoms with Crippen LogP contribution in [0.4, 0.5) is 0 Å². The molecule has 1 amide bonds. The van der Waals surface area contributed by atoms with E-state index in [0.29, 0.717) is 5.92 Å². The molecular weight excluding hydrogens is 238 g/mol. The molecule has 1 fully saturated rings. The number of amides is 1. The van der Waals surface area contributed by atoms with Crippen LogP contribution in [-0.2, 0) is 4.79 Å². The van der Waals surface area contributed by atoms with Gasteiger partial charge in [0, 0.05) is 12.1 Å². The highest BCUT2D eigenvalue weighted by Crippen LogP contribution is 2.29. The van der Waals surface area contributed by atoms with Crippen LogP contribution in [0, 0.1) is 5.92 Å². The molecule has 2 atom stereocenters. The molecule has 0 bridgehead atoms. The van der Waals surface area contributed by atoms with E-state index >= 15 is 0 Å². The van der Waals surface area contributed by atoms with E-state index in [-0.39, 0.29) is 17.6 Å². The van der Waals surface area contributed by atoms with Gasteiger partial charge in [-0.25, -0.2) is 0 Å². The minimum atomic E-state index is -0.405. The predicted molar refractivity (Wildman–Crippen MR) is 79.9 cm³/mol. The average molecular weight is 269 g/mol. The molecule has 19 heavy (non-hydrogen) atoms. The van der Waals surface area contributed by atoms with Gasteiger partial charge in [-0.3, -0.25) is 10.1 Å². The lowest BCUT2D eigenvalue weighted by Crippen LogP contribution is -2.53. The third-order valence-corrected chi connectivity index (χ3v) is 4.64. The molecule has 0 aromatic carbocycles. The Kier molecular flexibility index (Phi) is 4.68. The molecule has 1 N–H and O–H groups in total. The Morgan fingerprint density at radius 3 is 2.32 bits per heavy atom. The van der Waals surface area contributed by atoms with Crippen LogP contribution in [-0.4, -0.2) is 53.6 Å². The van der Waals surface area contributed by atoms with Gasteiger partial charge in [0.25, 0.3) is 0 Å². The van der Waals surface area contributed by atoms with E-state index in [0.717, 1.165) is 13.0 Å². The molecule has 0 saturated carbocycles. The quantitative estimate of drug-likeness (QED) is 0.828. The maximum Gasteiger partial charge on any atom is 0.243 e. The average Bonchev–Trinajstić information content (AvgIpc) is 2.54. The molecule has 1 aliphatic heterocycles. The Labute approximate surface area is 118 Å². The van der Waals surface area contributed by atoms with Gasteiger partial charge in [0.15, 0.2) is 0 Å². The number of hydrogen-bond acceptors (Lipinski definition) is 3. The zero-order valence-electron chi connectivity index (χ0n) is 13.9. The standard InChI is InChI=1S/C15H31N3O/c1-9-15(6)13(19)18(12(16-15)11(2)3)10-14(4,5)17(7)8/h11-12,16H,9-10H2,1-8H3. The Hall–Kier alpha value is -0.610. The Bertz CT molecular complexity index is 338. The maximum absolute atomic E-state index is 12.7. The summed E-state index contributed by atoms with van der Waals surface area (Å²) in [6.07, 6.45) is 0.963. The van der Waals surface area contributed by atoms with Crippen LogP contribution in [0.15, 0.2) is 0 Å². The molecular formula is C15H31N3O. The van der Waals surface area contributed by atoms with Gasteiger partial charge in [-0.1, -0.05) is 20.8 Å². The van der Waals surface area contributed by atoms with Crippen molar-refractivity contribution in [3.8, 4) is 0 Å². The molecule has 0 aromatic heterocycles. The second kappa shape index (κ2) is 5.41. The SMILES string of the molecule is CCC1(C)NC(C(C)C)N(CC(C)(C)N(C)C)C1=O. The lowest BCUT2D eigenvalue weighted by molar-refractivity contribution is -0.134. The summed E-state index contributed by atoms with van der Waals surface area (Å²) >= 11 is 0. The number of rotatable bonds is 5. The second-order valence-corrected chi connectivity index (χ2v) is 7.16. The maximum atomic E-state index is 12.7. The van der Waals surface area contributed by atoms with Crippen molar-refractivity contribution >= 4 is 5.91 Å². The normalized spacial score (nSPS) is 28.8. The first-order chi connectivity index (χ1) is 8.55. The van der Waals surface area contributed by atoms with Crippen LogP contribution in [0.25, 0.3) is 0 Å². The number of likely N-dealkylation sites (N-methyl/N-ethyl adjacent to an activating group) is 1. The Balaban J connectivity index is 2.99. The van der Waals surface area contributed by atoms with Gasteiger partial charge in [0.2, 0.25) is 5.91 Å². The van der Waals surface area contributed by atoms with Crippen molar-refractivity contribution in [2.75, 3.05) is 20.6 Å². The van der Waals surface area contributed by atoms with E-state index < -0.39 is 5.54 Å². The Morgan fingerprint density at radius 2 is 1.95 bits per heavy atom. The topological polar surface area (TPSA) is 35.6 Å². The summed E-state index contributed by atoms with van der Waals surface area (Å²) in [5.74, 6) is 0.652. The van der Waals surface area contributed by atoms with Crippen molar-refractivity contribution in [2.45, 2.75) is 65.2 Å². The van der Waals surface area contributed by atoms with Crippen LogP contribution in [0.1, 0.15) is 48.0 Å². The molecule has 0 aromatic rings. The van der Waals surface area contributed by atoms with Crippen molar-refractivity contribution in [3.63, 3.8) is 0 Å². The first-order valence-corrected chi connectivity index (χ1v) is 7.31. The third-order valence-electron chi connectivity index (χ3n) is 4.64. The predicted octanol–water partition coefficient (Wildman–Crippen LogP) is 1.91. The molecule has 0 aliphatic carbocycles. The first-order valence-electron chi connectivity index (χ1n) is 7.31. The smallest absolute Gasteiger partial charge is 0.243 e. The lowest BCUT2D eigenvalue weighted by atomic mass is 9.98. The highest BCUT2D eigenvalue weighted by molar-refractivity contribution is 5.88. The molecule has 1 saturated heterocycles. The largest absolute Gasteiger partial charge is 0.323 e. The summed E-state index contributed by atoms with van der Waals surface area (Å²) in [5.41, 5.74) is -0.430. The van der Waals surface area contributed by atoms with Gasteiger partial charge in [0.1, 0.15) is 0 Å². The molecule has 1 heterocycles. The van der Waals surface area contributed by atoms with E-state index in [2.05, 4.69) is 58.9 Å². The minimum Gasteiger partial charge on any atom is -0.323 e. The zero-order valence-corrected chi connectivity index (χ0v) is 13.9. The fourth-order valence-electron chi connectivity index (χ4n) is 2.42. The van der Waals surface area contributed by atoms with Gasteiger partial charge in [-0.05, 0) is 47.2 Å².